The third-order valence-corrected chi connectivity index (χ3v) is 6.27. The third kappa shape index (κ3) is 4.40. The second kappa shape index (κ2) is 8.42. The minimum absolute atomic E-state index is 0.663. The van der Waals surface area contributed by atoms with Crippen LogP contribution in [-0.2, 0) is 6.54 Å². The predicted octanol–water partition coefficient (Wildman–Crippen LogP) is 2.73. The first-order valence-electron chi connectivity index (χ1n) is 10.5. The maximum Gasteiger partial charge on any atom is 0.194 e. The summed E-state index contributed by atoms with van der Waals surface area (Å²) in [6.45, 7) is 8.03. The van der Waals surface area contributed by atoms with Crippen LogP contribution >= 0.6 is 0 Å². The van der Waals surface area contributed by atoms with Gasteiger partial charge in [0.1, 0.15) is 6.26 Å². The number of hydrogen-bond acceptors (Lipinski definition) is 4. The molecule has 0 bridgehead atoms. The lowest BCUT2D eigenvalue weighted by Gasteiger charge is -2.36. The third-order valence-electron chi connectivity index (χ3n) is 6.27. The Morgan fingerprint density at radius 3 is 2.73 bits per heavy atom. The van der Waals surface area contributed by atoms with E-state index >= 15 is 0 Å². The molecule has 2 aliphatic carbocycles. The van der Waals surface area contributed by atoms with Crippen molar-refractivity contribution in [1.29, 1.82) is 0 Å². The van der Waals surface area contributed by atoms with E-state index in [0.717, 1.165) is 62.8 Å². The SMILES string of the molecule is CCN=C(NC1CC1C1CCCCC1)N1CCN(Cc2ccon2)CC1. The van der Waals surface area contributed by atoms with Crippen molar-refractivity contribution < 1.29 is 4.52 Å². The average molecular weight is 360 g/mol. The van der Waals surface area contributed by atoms with Crippen molar-refractivity contribution in [2.24, 2.45) is 16.8 Å². The van der Waals surface area contributed by atoms with Crippen LogP contribution in [-0.4, -0.2) is 59.7 Å². The molecule has 1 aromatic rings. The second-order valence-electron chi connectivity index (χ2n) is 8.10. The summed E-state index contributed by atoms with van der Waals surface area (Å²) >= 11 is 0. The van der Waals surface area contributed by atoms with Crippen LogP contribution in [0.5, 0.6) is 0 Å². The number of rotatable bonds is 5. The highest BCUT2D eigenvalue weighted by Crippen LogP contribution is 2.44. The second-order valence-corrected chi connectivity index (χ2v) is 8.10. The smallest absolute Gasteiger partial charge is 0.194 e. The Bertz CT molecular complexity index is 573. The molecule has 1 N–H and O–H groups in total. The van der Waals surface area contributed by atoms with Crippen molar-refractivity contribution >= 4 is 5.96 Å². The number of aliphatic imine (C=N–C) groups is 1. The van der Waals surface area contributed by atoms with Gasteiger partial charge in [0.2, 0.25) is 0 Å². The van der Waals surface area contributed by atoms with Gasteiger partial charge in [-0.05, 0) is 25.2 Å². The fraction of sp³-hybridized carbons (Fsp3) is 0.800. The highest BCUT2D eigenvalue weighted by Gasteiger charge is 2.43. The largest absolute Gasteiger partial charge is 0.364 e. The molecule has 1 aliphatic heterocycles. The molecule has 0 aromatic carbocycles. The Labute approximate surface area is 157 Å². The van der Waals surface area contributed by atoms with Crippen molar-refractivity contribution in [1.82, 2.24) is 20.3 Å². The molecule has 6 heteroatoms. The molecule has 3 fully saturated rings. The zero-order valence-electron chi connectivity index (χ0n) is 16.1. The molecule has 1 aromatic heterocycles. The van der Waals surface area contributed by atoms with Crippen LogP contribution in [0.1, 0.15) is 51.1 Å². The van der Waals surface area contributed by atoms with Crippen LogP contribution < -0.4 is 5.32 Å². The first-order valence-corrected chi connectivity index (χ1v) is 10.5. The van der Waals surface area contributed by atoms with Crippen LogP contribution in [0.2, 0.25) is 0 Å². The normalized spacial score (nSPS) is 28.3. The van der Waals surface area contributed by atoms with Gasteiger partial charge in [-0.1, -0.05) is 37.3 Å². The summed E-state index contributed by atoms with van der Waals surface area (Å²) in [5.41, 5.74) is 1.02. The zero-order chi connectivity index (χ0) is 17.8. The van der Waals surface area contributed by atoms with Crippen molar-refractivity contribution in [3.63, 3.8) is 0 Å². The Balaban J connectivity index is 1.26. The minimum atomic E-state index is 0.663. The topological polar surface area (TPSA) is 56.9 Å². The summed E-state index contributed by atoms with van der Waals surface area (Å²) in [6.07, 6.45) is 10.2. The van der Waals surface area contributed by atoms with Crippen molar-refractivity contribution in [3.05, 3.63) is 18.0 Å². The number of nitrogens with one attached hydrogen (secondary N) is 1. The summed E-state index contributed by atoms with van der Waals surface area (Å²) in [4.78, 5) is 9.68. The van der Waals surface area contributed by atoms with E-state index in [2.05, 4.69) is 27.2 Å². The molecule has 2 unspecified atom stereocenters. The van der Waals surface area contributed by atoms with Crippen LogP contribution in [0.25, 0.3) is 0 Å². The molecule has 2 heterocycles. The van der Waals surface area contributed by atoms with Crippen LogP contribution in [0.15, 0.2) is 21.8 Å². The summed E-state index contributed by atoms with van der Waals surface area (Å²) in [5, 5.41) is 7.83. The van der Waals surface area contributed by atoms with Crippen molar-refractivity contribution in [3.8, 4) is 0 Å². The Morgan fingerprint density at radius 1 is 1.23 bits per heavy atom. The Hall–Kier alpha value is -1.56. The van der Waals surface area contributed by atoms with E-state index < -0.39 is 0 Å². The number of piperazine rings is 1. The fourth-order valence-corrected chi connectivity index (χ4v) is 4.68. The van der Waals surface area contributed by atoms with E-state index in [1.807, 2.05) is 6.07 Å². The molecule has 6 nitrogen and oxygen atoms in total. The first kappa shape index (κ1) is 17.8. The van der Waals surface area contributed by atoms with Gasteiger partial charge in [-0.25, -0.2) is 0 Å². The Morgan fingerprint density at radius 2 is 2.04 bits per heavy atom. The fourth-order valence-electron chi connectivity index (χ4n) is 4.68. The molecule has 3 aliphatic rings. The lowest BCUT2D eigenvalue weighted by Crippen LogP contribution is -2.52. The van der Waals surface area contributed by atoms with Crippen molar-refractivity contribution in [2.45, 2.75) is 58.0 Å². The summed E-state index contributed by atoms with van der Waals surface area (Å²) in [6, 6.07) is 2.62. The van der Waals surface area contributed by atoms with Gasteiger partial charge < -0.3 is 14.7 Å². The molecular weight excluding hydrogens is 326 g/mol. The average Bonchev–Trinajstić information content (AvgIpc) is 3.26. The molecule has 144 valence electrons. The molecule has 4 rings (SSSR count). The van der Waals surface area contributed by atoms with Gasteiger partial charge in [0.05, 0.1) is 5.69 Å². The highest BCUT2D eigenvalue weighted by molar-refractivity contribution is 5.80. The van der Waals surface area contributed by atoms with E-state index in [1.54, 1.807) is 6.26 Å². The molecule has 2 saturated carbocycles. The van der Waals surface area contributed by atoms with E-state index in [0.29, 0.717) is 6.04 Å². The molecule has 0 radical (unpaired) electrons. The van der Waals surface area contributed by atoms with E-state index in [-0.39, 0.29) is 0 Å². The molecule has 0 amide bonds. The van der Waals surface area contributed by atoms with E-state index in [9.17, 15) is 0 Å². The molecule has 26 heavy (non-hydrogen) atoms. The van der Waals surface area contributed by atoms with Crippen LogP contribution in [0, 0.1) is 11.8 Å². The number of aromatic nitrogens is 1. The lowest BCUT2D eigenvalue weighted by molar-refractivity contribution is 0.168. The quantitative estimate of drug-likeness (QED) is 0.647. The first-order chi connectivity index (χ1) is 12.8. The molecule has 1 saturated heterocycles. The van der Waals surface area contributed by atoms with Crippen LogP contribution in [0.4, 0.5) is 0 Å². The standard InChI is InChI=1S/C20H33N5O/c1-2-21-20(22-19-14-18(19)16-6-4-3-5-7-16)25-11-9-24(10-12-25)15-17-8-13-26-23-17/h8,13,16,18-19H,2-7,9-12,14-15H2,1H3,(H,21,22). The molecule has 0 spiro atoms. The summed E-state index contributed by atoms with van der Waals surface area (Å²) in [5.74, 6) is 2.99. The van der Waals surface area contributed by atoms with Gasteiger partial charge in [-0.15, -0.1) is 0 Å². The minimum Gasteiger partial charge on any atom is -0.364 e. The number of nitrogens with zero attached hydrogens (tertiary/aromatic N) is 4. The van der Waals surface area contributed by atoms with E-state index in [4.69, 9.17) is 9.52 Å². The summed E-state index contributed by atoms with van der Waals surface area (Å²) in [7, 11) is 0. The van der Waals surface area contributed by atoms with Crippen molar-refractivity contribution in [2.75, 3.05) is 32.7 Å². The van der Waals surface area contributed by atoms with Gasteiger partial charge in [-0.2, -0.15) is 0 Å². The molecular formula is C20H33N5O. The van der Waals surface area contributed by atoms with Gasteiger partial charge in [-0.3, -0.25) is 9.89 Å². The van der Waals surface area contributed by atoms with Gasteiger partial charge >= 0.3 is 0 Å². The monoisotopic (exact) mass is 359 g/mol. The molecule has 2 atom stereocenters. The number of guanidine groups is 1. The van der Waals surface area contributed by atoms with Gasteiger partial charge in [0.15, 0.2) is 5.96 Å². The maximum absolute atomic E-state index is 4.94. The lowest BCUT2D eigenvalue weighted by atomic mass is 9.85. The maximum atomic E-state index is 4.94. The van der Waals surface area contributed by atoms with Gasteiger partial charge in [0.25, 0.3) is 0 Å². The zero-order valence-corrected chi connectivity index (χ0v) is 16.1. The summed E-state index contributed by atoms with van der Waals surface area (Å²) < 4.78 is 4.94. The van der Waals surface area contributed by atoms with Crippen LogP contribution in [0.3, 0.4) is 0 Å². The highest BCUT2D eigenvalue weighted by atomic mass is 16.5. The van der Waals surface area contributed by atoms with Gasteiger partial charge in [0, 0.05) is 51.4 Å². The number of hydrogen-bond donors (Lipinski definition) is 1. The van der Waals surface area contributed by atoms with E-state index in [1.165, 1.54) is 38.5 Å². The predicted molar refractivity (Wildman–Crippen MR) is 103 cm³/mol. The Kier molecular flexibility index (Phi) is 5.78.